The van der Waals surface area contributed by atoms with Crippen LogP contribution < -0.4 is 0 Å². The van der Waals surface area contributed by atoms with Gasteiger partial charge in [-0.3, -0.25) is 4.68 Å². The van der Waals surface area contributed by atoms with Crippen molar-refractivity contribution in [2.45, 2.75) is 39.7 Å². The molecule has 0 N–H and O–H groups in total. The minimum atomic E-state index is 0.995. The Hall–Kier alpha value is -0.860. The molecule has 0 radical (unpaired) electrons. The van der Waals surface area contributed by atoms with Crippen LogP contribution in [0.4, 0.5) is 0 Å². The van der Waals surface area contributed by atoms with E-state index < -0.39 is 0 Å². The summed E-state index contributed by atoms with van der Waals surface area (Å²) >= 11 is 0. The van der Waals surface area contributed by atoms with Gasteiger partial charge in [-0.1, -0.05) is 13.8 Å². The van der Waals surface area contributed by atoms with Crippen molar-refractivity contribution in [3.63, 3.8) is 0 Å². The van der Waals surface area contributed by atoms with Crippen LogP contribution >= 0.6 is 0 Å². The predicted molar refractivity (Wildman–Crippen MR) is 44.3 cm³/mol. The van der Waals surface area contributed by atoms with E-state index in [2.05, 4.69) is 23.9 Å². The van der Waals surface area contributed by atoms with Crippen LogP contribution in [-0.4, -0.2) is 14.8 Å². The fourth-order valence-corrected chi connectivity index (χ4v) is 1.10. The molecule has 0 aliphatic heterocycles. The van der Waals surface area contributed by atoms with Gasteiger partial charge in [0.1, 0.15) is 12.2 Å². The monoisotopic (exact) mass is 153 g/mol. The molecule has 0 bridgehead atoms. The smallest absolute Gasteiger partial charge is 0.138 e. The Kier molecular flexibility index (Phi) is 3.08. The minimum absolute atomic E-state index is 0.995. The van der Waals surface area contributed by atoms with Crippen molar-refractivity contribution in [1.29, 1.82) is 0 Å². The first kappa shape index (κ1) is 8.24. The lowest BCUT2D eigenvalue weighted by Gasteiger charge is -2.01. The van der Waals surface area contributed by atoms with E-state index in [1.807, 2.05) is 4.68 Å². The van der Waals surface area contributed by atoms with Gasteiger partial charge in [0.05, 0.1) is 0 Å². The molecule has 0 atom stereocenters. The molecule has 0 unspecified atom stereocenters. The maximum absolute atomic E-state index is 4.18. The summed E-state index contributed by atoms with van der Waals surface area (Å²) in [6, 6.07) is 0. The van der Waals surface area contributed by atoms with Crippen molar-refractivity contribution < 1.29 is 0 Å². The third kappa shape index (κ3) is 2.03. The Bertz CT molecular complexity index is 184. The van der Waals surface area contributed by atoms with Gasteiger partial charge in [0, 0.05) is 13.0 Å². The summed E-state index contributed by atoms with van der Waals surface area (Å²) in [6.45, 7) is 5.30. The molecule has 0 fully saturated rings. The van der Waals surface area contributed by atoms with Crippen LogP contribution in [0.5, 0.6) is 0 Å². The number of aromatic nitrogens is 3. The highest BCUT2D eigenvalue weighted by atomic mass is 15.3. The summed E-state index contributed by atoms with van der Waals surface area (Å²) in [6.07, 6.45) is 4.95. The molecule has 0 saturated heterocycles. The molecular formula is C8H15N3. The van der Waals surface area contributed by atoms with E-state index in [4.69, 9.17) is 0 Å². The van der Waals surface area contributed by atoms with Crippen molar-refractivity contribution in [3.05, 3.63) is 12.2 Å². The summed E-state index contributed by atoms with van der Waals surface area (Å²) in [4.78, 5) is 4.18. The van der Waals surface area contributed by atoms with Crippen LogP contribution in [-0.2, 0) is 13.0 Å². The lowest BCUT2D eigenvalue weighted by atomic mass is 10.3. The molecule has 62 valence electrons. The van der Waals surface area contributed by atoms with Gasteiger partial charge >= 0.3 is 0 Å². The molecule has 0 saturated carbocycles. The summed E-state index contributed by atoms with van der Waals surface area (Å²) in [5, 5.41) is 4.13. The van der Waals surface area contributed by atoms with Gasteiger partial charge in [-0.05, 0) is 12.8 Å². The number of hydrogen-bond donors (Lipinski definition) is 0. The van der Waals surface area contributed by atoms with Gasteiger partial charge in [0.25, 0.3) is 0 Å². The van der Waals surface area contributed by atoms with Gasteiger partial charge in [-0.2, -0.15) is 5.10 Å². The number of nitrogens with zero attached hydrogens (tertiary/aromatic N) is 3. The zero-order chi connectivity index (χ0) is 8.10. The first-order valence-electron chi connectivity index (χ1n) is 4.25. The third-order valence-electron chi connectivity index (χ3n) is 1.60. The lowest BCUT2D eigenvalue weighted by molar-refractivity contribution is 0.565. The molecule has 1 heterocycles. The first-order valence-corrected chi connectivity index (χ1v) is 4.25. The zero-order valence-corrected chi connectivity index (χ0v) is 7.25. The van der Waals surface area contributed by atoms with E-state index in [1.165, 1.54) is 0 Å². The molecule has 1 rings (SSSR count). The molecule has 0 aliphatic rings. The van der Waals surface area contributed by atoms with Crippen molar-refractivity contribution >= 4 is 0 Å². The van der Waals surface area contributed by atoms with E-state index in [-0.39, 0.29) is 0 Å². The van der Waals surface area contributed by atoms with Crippen molar-refractivity contribution in [3.8, 4) is 0 Å². The lowest BCUT2D eigenvalue weighted by Crippen LogP contribution is -2.04. The standard InChI is InChI=1S/C8H15N3/c1-3-5-8-9-7-10-11(8)6-4-2/h7H,3-6H2,1-2H3. The van der Waals surface area contributed by atoms with Crippen molar-refractivity contribution in [1.82, 2.24) is 14.8 Å². The Morgan fingerprint density at radius 1 is 1.36 bits per heavy atom. The summed E-state index contributed by atoms with van der Waals surface area (Å²) in [5.74, 6) is 1.12. The maximum Gasteiger partial charge on any atom is 0.138 e. The van der Waals surface area contributed by atoms with Crippen LogP contribution in [0.15, 0.2) is 6.33 Å². The largest absolute Gasteiger partial charge is 0.250 e. The van der Waals surface area contributed by atoms with Crippen LogP contribution in [0.1, 0.15) is 32.5 Å². The highest BCUT2D eigenvalue weighted by molar-refractivity contribution is 4.83. The van der Waals surface area contributed by atoms with Gasteiger partial charge in [0.15, 0.2) is 0 Å². The molecular weight excluding hydrogens is 138 g/mol. The second kappa shape index (κ2) is 4.11. The van der Waals surface area contributed by atoms with Gasteiger partial charge in [-0.25, -0.2) is 4.98 Å². The summed E-state index contributed by atoms with van der Waals surface area (Å²) in [7, 11) is 0. The van der Waals surface area contributed by atoms with E-state index in [0.29, 0.717) is 0 Å². The van der Waals surface area contributed by atoms with E-state index in [1.54, 1.807) is 6.33 Å². The highest BCUT2D eigenvalue weighted by Crippen LogP contribution is 1.98. The molecule has 0 aromatic carbocycles. The highest BCUT2D eigenvalue weighted by Gasteiger charge is 1.99. The van der Waals surface area contributed by atoms with Crippen LogP contribution in [0.2, 0.25) is 0 Å². The molecule has 3 heteroatoms. The number of hydrogen-bond acceptors (Lipinski definition) is 2. The zero-order valence-electron chi connectivity index (χ0n) is 7.25. The Morgan fingerprint density at radius 3 is 2.82 bits per heavy atom. The molecule has 0 amide bonds. The number of rotatable bonds is 4. The maximum atomic E-state index is 4.18. The molecule has 3 nitrogen and oxygen atoms in total. The molecule has 0 spiro atoms. The summed E-state index contributed by atoms with van der Waals surface area (Å²) < 4.78 is 1.99. The van der Waals surface area contributed by atoms with Crippen LogP contribution in [0, 0.1) is 0 Å². The topological polar surface area (TPSA) is 30.7 Å². The van der Waals surface area contributed by atoms with E-state index in [0.717, 1.165) is 31.6 Å². The van der Waals surface area contributed by atoms with Crippen molar-refractivity contribution in [2.24, 2.45) is 0 Å². The fraction of sp³-hybridized carbons (Fsp3) is 0.750. The second-order valence-electron chi connectivity index (χ2n) is 2.65. The molecule has 11 heavy (non-hydrogen) atoms. The fourth-order valence-electron chi connectivity index (χ4n) is 1.10. The van der Waals surface area contributed by atoms with Crippen LogP contribution in [0.25, 0.3) is 0 Å². The Labute approximate surface area is 67.4 Å². The second-order valence-corrected chi connectivity index (χ2v) is 2.65. The average molecular weight is 153 g/mol. The Balaban J connectivity index is 2.62. The third-order valence-corrected chi connectivity index (χ3v) is 1.60. The van der Waals surface area contributed by atoms with Gasteiger partial charge < -0.3 is 0 Å². The normalized spacial score (nSPS) is 10.4. The predicted octanol–water partition coefficient (Wildman–Crippen LogP) is 1.64. The average Bonchev–Trinajstić information content (AvgIpc) is 2.39. The minimum Gasteiger partial charge on any atom is -0.250 e. The van der Waals surface area contributed by atoms with Gasteiger partial charge in [0.2, 0.25) is 0 Å². The molecule has 0 aliphatic carbocycles. The number of aryl methyl sites for hydroxylation is 2. The van der Waals surface area contributed by atoms with Gasteiger partial charge in [-0.15, -0.1) is 0 Å². The Morgan fingerprint density at radius 2 is 2.18 bits per heavy atom. The quantitative estimate of drug-likeness (QED) is 0.658. The molecule has 1 aromatic heterocycles. The van der Waals surface area contributed by atoms with E-state index >= 15 is 0 Å². The molecule has 1 aromatic rings. The van der Waals surface area contributed by atoms with E-state index in [9.17, 15) is 0 Å². The SMILES string of the molecule is CCCc1ncnn1CCC. The first-order chi connectivity index (χ1) is 5.38. The summed E-state index contributed by atoms with van der Waals surface area (Å²) in [5.41, 5.74) is 0. The van der Waals surface area contributed by atoms with Crippen LogP contribution in [0.3, 0.4) is 0 Å². The van der Waals surface area contributed by atoms with Crippen molar-refractivity contribution in [2.75, 3.05) is 0 Å².